The average molecular weight is 282 g/mol. The van der Waals surface area contributed by atoms with Gasteiger partial charge in [-0.15, -0.1) is 0 Å². The van der Waals surface area contributed by atoms with Crippen molar-refractivity contribution in [3.8, 4) is 0 Å². The molecule has 5 nitrogen and oxygen atoms in total. The van der Waals surface area contributed by atoms with Gasteiger partial charge in [-0.1, -0.05) is 0 Å². The smallest absolute Gasteiger partial charge is 0.319 e. The van der Waals surface area contributed by atoms with Crippen LogP contribution in [-0.4, -0.2) is 85.2 Å². The highest BCUT2D eigenvalue weighted by atomic mass is 16.2. The summed E-state index contributed by atoms with van der Waals surface area (Å²) in [6.45, 7) is 7.78. The average Bonchev–Trinajstić information content (AvgIpc) is 3.28. The molecule has 1 saturated carbocycles. The van der Waals surface area contributed by atoms with E-state index in [4.69, 9.17) is 0 Å². The molecule has 2 aliphatic rings. The Kier molecular flexibility index (Phi) is 5.66. The molecule has 2 amide bonds. The Labute approximate surface area is 123 Å². The van der Waals surface area contributed by atoms with Crippen LogP contribution in [0.2, 0.25) is 0 Å². The fraction of sp³-hybridized carbons (Fsp3) is 0.933. The second kappa shape index (κ2) is 7.27. The largest absolute Gasteiger partial charge is 0.328 e. The van der Waals surface area contributed by atoms with Crippen LogP contribution in [0.1, 0.15) is 32.6 Å². The fourth-order valence-corrected chi connectivity index (χ4v) is 2.80. The molecule has 0 atom stereocenters. The van der Waals surface area contributed by atoms with Gasteiger partial charge >= 0.3 is 6.03 Å². The van der Waals surface area contributed by atoms with Crippen molar-refractivity contribution in [2.45, 2.75) is 38.6 Å². The minimum absolute atomic E-state index is 0.192. The topological polar surface area (TPSA) is 30.0 Å². The van der Waals surface area contributed by atoms with Gasteiger partial charge < -0.3 is 9.80 Å². The highest BCUT2D eigenvalue weighted by Gasteiger charge is 2.30. The Balaban J connectivity index is 1.94. The second-order valence-electron chi connectivity index (χ2n) is 6.26. The van der Waals surface area contributed by atoms with Crippen LogP contribution in [-0.2, 0) is 0 Å². The van der Waals surface area contributed by atoms with Crippen LogP contribution in [0.4, 0.5) is 4.79 Å². The zero-order valence-electron chi connectivity index (χ0n) is 13.3. The van der Waals surface area contributed by atoms with E-state index in [2.05, 4.69) is 16.8 Å². The van der Waals surface area contributed by atoms with Crippen molar-refractivity contribution in [1.29, 1.82) is 0 Å². The number of urea groups is 1. The SMILES string of the molecule is CCN(C)C(=O)N1CCCCN(C)CN(C2CC2)CC1. The molecule has 0 aromatic carbocycles. The molecule has 0 N–H and O–H groups in total. The van der Waals surface area contributed by atoms with Crippen molar-refractivity contribution in [2.75, 3.05) is 53.5 Å². The first kappa shape index (κ1) is 15.6. The van der Waals surface area contributed by atoms with E-state index in [1.54, 1.807) is 0 Å². The van der Waals surface area contributed by atoms with Crippen molar-refractivity contribution in [2.24, 2.45) is 0 Å². The first-order chi connectivity index (χ1) is 9.61. The molecule has 1 aliphatic carbocycles. The number of nitrogens with zero attached hydrogens (tertiary/aromatic N) is 4. The van der Waals surface area contributed by atoms with Crippen LogP contribution in [0.5, 0.6) is 0 Å². The van der Waals surface area contributed by atoms with Crippen molar-refractivity contribution in [3.05, 3.63) is 0 Å². The summed E-state index contributed by atoms with van der Waals surface area (Å²) in [4.78, 5) is 21.2. The van der Waals surface area contributed by atoms with Crippen LogP contribution in [0.3, 0.4) is 0 Å². The van der Waals surface area contributed by atoms with E-state index < -0.39 is 0 Å². The van der Waals surface area contributed by atoms with E-state index in [1.165, 1.54) is 19.3 Å². The van der Waals surface area contributed by atoms with Crippen LogP contribution in [0.15, 0.2) is 0 Å². The molecule has 0 unspecified atom stereocenters. The van der Waals surface area contributed by atoms with Gasteiger partial charge in [0.15, 0.2) is 0 Å². The summed E-state index contributed by atoms with van der Waals surface area (Å²) in [5.74, 6) is 0. The van der Waals surface area contributed by atoms with Crippen molar-refractivity contribution in [3.63, 3.8) is 0 Å². The lowest BCUT2D eigenvalue weighted by Crippen LogP contribution is -2.48. The summed E-state index contributed by atoms with van der Waals surface area (Å²) in [6, 6.07) is 0.954. The molecule has 1 heterocycles. The van der Waals surface area contributed by atoms with E-state index in [0.717, 1.165) is 51.9 Å². The lowest BCUT2D eigenvalue weighted by molar-refractivity contribution is 0.111. The highest BCUT2D eigenvalue weighted by molar-refractivity contribution is 5.74. The van der Waals surface area contributed by atoms with E-state index in [0.29, 0.717) is 0 Å². The summed E-state index contributed by atoms with van der Waals surface area (Å²) in [6.07, 6.45) is 4.94. The van der Waals surface area contributed by atoms with E-state index >= 15 is 0 Å². The molecule has 0 radical (unpaired) electrons. The molecule has 2 fully saturated rings. The minimum Gasteiger partial charge on any atom is -0.328 e. The summed E-state index contributed by atoms with van der Waals surface area (Å²) >= 11 is 0. The number of amides is 2. The predicted molar refractivity (Wildman–Crippen MR) is 81.7 cm³/mol. The fourth-order valence-electron chi connectivity index (χ4n) is 2.80. The maximum Gasteiger partial charge on any atom is 0.319 e. The summed E-state index contributed by atoms with van der Waals surface area (Å²) in [5.41, 5.74) is 0. The highest BCUT2D eigenvalue weighted by Crippen LogP contribution is 2.26. The van der Waals surface area contributed by atoms with E-state index in [9.17, 15) is 4.79 Å². The Bertz CT molecular complexity index is 319. The third-order valence-corrected chi connectivity index (χ3v) is 4.43. The Morgan fingerprint density at radius 1 is 1.15 bits per heavy atom. The van der Waals surface area contributed by atoms with Gasteiger partial charge in [-0.25, -0.2) is 4.79 Å². The second-order valence-corrected chi connectivity index (χ2v) is 6.26. The van der Waals surface area contributed by atoms with Gasteiger partial charge in [0.2, 0.25) is 0 Å². The maximum atomic E-state index is 12.4. The van der Waals surface area contributed by atoms with E-state index in [-0.39, 0.29) is 6.03 Å². The quantitative estimate of drug-likeness (QED) is 0.769. The molecule has 5 heteroatoms. The van der Waals surface area contributed by atoms with Gasteiger partial charge in [-0.2, -0.15) is 0 Å². The normalized spacial score (nSPS) is 23.6. The lowest BCUT2D eigenvalue weighted by Gasteiger charge is -2.34. The number of hydrogen-bond donors (Lipinski definition) is 0. The predicted octanol–water partition coefficient (Wildman–Crippen LogP) is 1.51. The number of carbonyl (C=O) groups is 1. The molecule has 116 valence electrons. The van der Waals surface area contributed by atoms with Crippen LogP contribution in [0.25, 0.3) is 0 Å². The van der Waals surface area contributed by atoms with Crippen molar-refractivity contribution >= 4 is 6.03 Å². The molecular formula is C15H30N4O. The molecule has 0 bridgehead atoms. The summed E-state index contributed by atoms with van der Waals surface area (Å²) < 4.78 is 0. The first-order valence-corrected chi connectivity index (χ1v) is 8.04. The molecule has 1 saturated heterocycles. The molecule has 20 heavy (non-hydrogen) atoms. The number of rotatable bonds is 2. The number of hydrogen-bond acceptors (Lipinski definition) is 3. The maximum absolute atomic E-state index is 12.4. The van der Waals surface area contributed by atoms with Crippen LogP contribution >= 0.6 is 0 Å². The standard InChI is InChI=1S/C15H30N4O/c1-4-17(3)15(20)18-10-6-5-9-16(2)13-19(12-11-18)14-7-8-14/h14H,4-13H2,1-3H3. The first-order valence-electron chi connectivity index (χ1n) is 8.04. The molecular weight excluding hydrogens is 252 g/mol. The molecule has 0 spiro atoms. The van der Waals surface area contributed by atoms with Crippen molar-refractivity contribution < 1.29 is 4.79 Å². The van der Waals surface area contributed by atoms with Gasteiger partial charge in [0.25, 0.3) is 0 Å². The summed E-state index contributed by atoms with van der Waals surface area (Å²) in [5, 5.41) is 0. The lowest BCUT2D eigenvalue weighted by atomic mass is 10.2. The third-order valence-electron chi connectivity index (χ3n) is 4.43. The minimum atomic E-state index is 0.192. The Morgan fingerprint density at radius 3 is 2.50 bits per heavy atom. The monoisotopic (exact) mass is 282 g/mol. The van der Waals surface area contributed by atoms with Crippen LogP contribution in [0, 0.1) is 0 Å². The summed E-state index contributed by atoms with van der Waals surface area (Å²) in [7, 11) is 4.11. The molecule has 0 aromatic heterocycles. The van der Waals surface area contributed by atoms with Crippen LogP contribution < -0.4 is 0 Å². The third kappa shape index (κ3) is 4.35. The van der Waals surface area contributed by atoms with Gasteiger partial charge in [0.1, 0.15) is 0 Å². The zero-order chi connectivity index (χ0) is 14.5. The molecule has 1 aliphatic heterocycles. The van der Waals surface area contributed by atoms with E-state index in [1.807, 2.05) is 23.8 Å². The van der Waals surface area contributed by atoms with Gasteiger partial charge in [0, 0.05) is 39.3 Å². The Hall–Kier alpha value is -0.810. The van der Waals surface area contributed by atoms with Crippen molar-refractivity contribution in [1.82, 2.24) is 19.6 Å². The van der Waals surface area contributed by atoms with Gasteiger partial charge in [0.05, 0.1) is 6.67 Å². The van der Waals surface area contributed by atoms with Gasteiger partial charge in [-0.3, -0.25) is 9.80 Å². The van der Waals surface area contributed by atoms with Gasteiger partial charge in [-0.05, 0) is 46.2 Å². The zero-order valence-corrected chi connectivity index (χ0v) is 13.3. The Morgan fingerprint density at radius 2 is 1.85 bits per heavy atom. The number of carbonyl (C=O) groups excluding carboxylic acids is 1. The molecule has 0 aromatic rings. The molecule has 2 rings (SSSR count).